The molecule has 1 aliphatic carbocycles. The predicted octanol–water partition coefficient (Wildman–Crippen LogP) is 3.42. The molecule has 0 spiro atoms. The fraction of sp³-hybridized carbons (Fsp3) is 0.824. The molecule has 2 aliphatic rings. The Balaban J connectivity index is 1.63. The first-order valence-corrected chi connectivity index (χ1v) is 8.77. The van der Waals surface area contributed by atoms with Crippen molar-refractivity contribution in [1.82, 2.24) is 14.5 Å². The first-order chi connectivity index (χ1) is 10.2. The minimum Gasteiger partial charge on any atom is -0.353 e. The average molecular weight is 290 g/mol. The van der Waals surface area contributed by atoms with Crippen molar-refractivity contribution in [2.45, 2.75) is 77.4 Å². The van der Waals surface area contributed by atoms with E-state index < -0.39 is 0 Å². The number of likely N-dealkylation sites (tertiary alicyclic amines) is 1. The molecule has 1 unspecified atom stereocenters. The Morgan fingerprint density at radius 2 is 1.90 bits per heavy atom. The third-order valence-corrected chi connectivity index (χ3v) is 5.06. The molecule has 4 nitrogen and oxygen atoms in total. The van der Waals surface area contributed by atoms with Crippen LogP contribution in [0.25, 0.3) is 0 Å². The minimum atomic E-state index is 0.600. The lowest BCUT2D eigenvalue weighted by molar-refractivity contribution is 0.160. The molecule has 1 aromatic rings. The summed E-state index contributed by atoms with van der Waals surface area (Å²) in [6, 6.07) is 1.24. The summed E-state index contributed by atoms with van der Waals surface area (Å²) in [4.78, 5) is 7.34. The van der Waals surface area contributed by atoms with Crippen molar-refractivity contribution in [2.75, 3.05) is 18.4 Å². The summed E-state index contributed by atoms with van der Waals surface area (Å²) in [5.74, 6) is 1.09. The summed E-state index contributed by atoms with van der Waals surface area (Å²) >= 11 is 0. The monoisotopic (exact) mass is 290 g/mol. The number of nitrogens with zero attached hydrogens (tertiary/aromatic N) is 3. The lowest BCUT2D eigenvalue weighted by atomic mass is 10.1. The molecule has 0 aromatic carbocycles. The van der Waals surface area contributed by atoms with Gasteiger partial charge in [0.1, 0.15) is 0 Å². The zero-order valence-electron chi connectivity index (χ0n) is 13.6. The summed E-state index contributed by atoms with van der Waals surface area (Å²) in [5.41, 5.74) is 1.13. The second kappa shape index (κ2) is 6.82. The van der Waals surface area contributed by atoms with Crippen molar-refractivity contribution in [3.05, 3.63) is 11.9 Å². The van der Waals surface area contributed by atoms with Gasteiger partial charge in [0.05, 0.1) is 5.69 Å². The van der Waals surface area contributed by atoms with Crippen molar-refractivity contribution in [2.24, 2.45) is 0 Å². The highest BCUT2D eigenvalue weighted by Gasteiger charge is 2.20. The second-order valence-corrected chi connectivity index (χ2v) is 6.93. The van der Waals surface area contributed by atoms with Gasteiger partial charge in [-0.05, 0) is 52.6 Å². The van der Waals surface area contributed by atoms with Crippen LogP contribution in [0.5, 0.6) is 0 Å². The highest BCUT2D eigenvalue weighted by molar-refractivity contribution is 5.30. The molecule has 118 valence electrons. The maximum absolute atomic E-state index is 4.71. The van der Waals surface area contributed by atoms with Gasteiger partial charge in [-0.3, -0.25) is 4.90 Å². The van der Waals surface area contributed by atoms with Gasteiger partial charge >= 0.3 is 0 Å². The molecule has 1 N–H and O–H groups in total. The van der Waals surface area contributed by atoms with E-state index in [9.17, 15) is 0 Å². The van der Waals surface area contributed by atoms with Crippen molar-refractivity contribution in [1.29, 1.82) is 0 Å². The van der Waals surface area contributed by atoms with Crippen LogP contribution in [0.4, 0.5) is 5.95 Å². The van der Waals surface area contributed by atoms with Crippen LogP contribution in [0.1, 0.15) is 57.6 Å². The van der Waals surface area contributed by atoms with Gasteiger partial charge in [0, 0.05) is 24.8 Å². The zero-order valence-corrected chi connectivity index (χ0v) is 13.6. The van der Waals surface area contributed by atoms with Crippen LogP contribution >= 0.6 is 0 Å². The topological polar surface area (TPSA) is 33.1 Å². The Hall–Kier alpha value is -1.03. The molecule has 3 rings (SSSR count). The number of aromatic nitrogens is 2. The smallest absolute Gasteiger partial charge is 0.203 e. The Labute approximate surface area is 128 Å². The fourth-order valence-electron chi connectivity index (χ4n) is 3.81. The molecule has 21 heavy (non-hydrogen) atoms. The number of imidazole rings is 1. The van der Waals surface area contributed by atoms with Crippen LogP contribution in [-0.2, 0) is 6.54 Å². The summed E-state index contributed by atoms with van der Waals surface area (Å²) in [6.45, 7) is 8.04. The molecular formula is C17H30N4. The van der Waals surface area contributed by atoms with Gasteiger partial charge in [0.25, 0.3) is 0 Å². The summed E-state index contributed by atoms with van der Waals surface area (Å²) in [5, 5.41) is 3.67. The molecule has 0 bridgehead atoms. The van der Waals surface area contributed by atoms with Crippen LogP contribution in [0.3, 0.4) is 0 Å². The van der Waals surface area contributed by atoms with Crippen molar-refractivity contribution in [3.8, 4) is 0 Å². The van der Waals surface area contributed by atoms with Crippen molar-refractivity contribution >= 4 is 5.95 Å². The van der Waals surface area contributed by atoms with Gasteiger partial charge in [-0.2, -0.15) is 0 Å². The third kappa shape index (κ3) is 3.79. The largest absolute Gasteiger partial charge is 0.353 e. The molecule has 0 amide bonds. The molecule has 4 heteroatoms. The highest BCUT2D eigenvalue weighted by Crippen LogP contribution is 2.23. The first kappa shape index (κ1) is 14.9. The highest BCUT2D eigenvalue weighted by atomic mass is 15.2. The number of hydrogen-bond donors (Lipinski definition) is 1. The number of anilines is 1. The minimum absolute atomic E-state index is 0.600. The van der Waals surface area contributed by atoms with E-state index in [1.807, 2.05) is 0 Å². The lowest BCUT2D eigenvalue weighted by Gasteiger charge is -2.32. The average Bonchev–Trinajstić information content (AvgIpc) is 3.11. The molecule has 1 aromatic heterocycles. The lowest BCUT2D eigenvalue weighted by Crippen LogP contribution is -2.40. The Kier molecular flexibility index (Phi) is 4.84. The van der Waals surface area contributed by atoms with Crippen LogP contribution in [0.2, 0.25) is 0 Å². The number of rotatable bonds is 5. The third-order valence-electron chi connectivity index (χ3n) is 5.06. The summed E-state index contributed by atoms with van der Waals surface area (Å²) in [7, 11) is 0. The van der Waals surface area contributed by atoms with Gasteiger partial charge in [-0.1, -0.05) is 19.3 Å². The summed E-state index contributed by atoms with van der Waals surface area (Å²) < 4.78 is 2.34. The standard InChI is InChI=1S/C17H30N4/c1-14-12-21(13-15(2)20-10-6-3-7-11-20)17(18-14)19-16-8-4-5-9-16/h12,15-16H,3-11,13H2,1-2H3,(H,18,19). The molecule has 2 fully saturated rings. The van der Waals surface area contributed by atoms with E-state index in [2.05, 4.69) is 34.8 Å². The van der Waals surface area contributed by atoms with E-state index in [1.54, 1.807) is 0 Å². The molecule has 1 saturated heterocycles. The Morgan fingerprint density at radius 1 is 1.19 bits per heavy atom. The maximum atomic E-state index is 4.71. The maximum Gasteiger partial charge on any atom is 0.203 e. The molecule has 0 radical (unpaired) electrons. The Bertz CT molecular complexity index is 442. The molecule has 2 heterocycles. The van der Waals surface area contributed by atoms with Gasteiger partial charge in [0.15, 0.2) is 0 Å². The SMILES string of the molecule is Cc1cn(CC(C)N2CCCCC2)c(NC2CCCC2)n1. The van der Waals surface area contributed by atoms with E-state index in [-0.39, 0.29) is 0 Å². The van der Waals surface area contributed by atoms with E-state index in [0.717, 1.165) is 18.2 Å². The van der Waals surface area contributed by atoms with Crippen LogP contribution in [0, 0.1) is 6.92 Å². The van der Waals surface area contributed by atoms with Crippen LogP contribution in [-0.4, -0.2) is 39.6 Å². The van der Waals surface area contributed by atoms with E-state index >= 15 is 0 Å². The second-order valence-electron chi connectivity index (χ2n) is 6.93. The van der Waals surface area contributed by atoms with Gasteiger partial charge in [0.2, 0.25) is 5.95 Å². The van der Waals surface area contributed by atoms with Crippen molar-refractivity contribution in [3.63, 3.8) is 0 Å². The number of hydrogen-bond acceptors (Lipinski definition) is 3. The van der Waals surface area contributed by atoms with Crippen molar-refractivity contribution < 1.29 is 0 Å². The fourth-order valence-corrected chi connectivity index (χ4v) is 3.81. The predicted molar refractivity (Wildman–Crippen MR) is 87.7 cm³/mol. The normalized spacial score (nSPS) is 22.6. The van der Waals surface area contributed by atoms with Gasteiger partial charge in [-0.15, -0.1) is 0 Å². The van der Waals surface area contributed by atoms with Gasteiger partial charge in [-0.25, -0.2) is 4.98 Å². The number of aryl methyl sites for hydroxylation is 1. The molecule has 1 atom stereocenters. The molecule has 1 aliphatic heterocycles. The van der Waals surface area contributed by atoms with E-state index in [4.69, 9.17) is 4.98 Å². The zero-order chi connectivity index (χ0) is 14.7. The first-order valence-electron chi connectivity index (χ1n) is 8.77. The van der Waals surface area contributed by atoms with E-state index in [1.165, 1.54) is 58.0 Å². The molecular weight excluding hydrogens is 260 g/mol. The quantitative estimate of drug-likeness (QED) is 0.902. The Morgan fingerprint density at radius 3 is 2.62 bits per heavy atom. The number of nitrogens with one attached hydrogen (secondary N) is 1. The van der Waals surface area contributed by atoms with Crippen LogP contribution in [0.15, 0.2) is 6.20 Å². The molecule has 1 saturated carbocycles. The summed E-state index contributed by atoms with van der Waals surface area (Å²) in [6.07, 6.45) is 11.7. The van der Waals surface area contributed by atoms with Gasteiger partial charge < -0.3 is 9.88 Å². The van der Waals surface area contributed by atoms with E-state index in [0.29, 0.717) is 12.1 Å². The number of piperidine rings is 1. The van der Waals surface area contributed by atoms with Crippen LogP contribution < -0.4 is 5.32 Å².